The molecule has 6 aromatic rings. The summed E-state index contributed by atoms with van der Waals surface area (Å²) in [5.74, 6) is -2.38. The first-order valence-electron chi connectivity index (χ1n) is 50.1. The molecule has 2 atom stereocenters. The van der Waals surface area contributed by atoms with E-state index in [9.17, 15) is 83.4 Å². The number of carbonyl (C=O) groups is 11. The van der Waals surface area contributed by atoms with Gasteiger partial charge in [0.05, 0.1) is 38.4 Å². The number of aromatic hydroxyl groups is 6. The third-order valence-corrected chi connectivity index (χ3v) is 25.2. The van der Waals surface area contributed by atoms with Gasteiger partial charge in [-0.2, -0.15) is 0 Å². The molecular formula is C110H162Cl3O26Pd-. The minimum absolute atomic E-state index is 0. The number of halogens is 3. The number of phenols is 6. The molecule has 2 fully saturated rings. The van der Waals surface area contributed by atoms with Crippen LogP contribution >= 0.6 is 34.8 Å². The predicted octanol–water partition coefficient (Wildman–Crippen LogP) is 26.5. The topological polar surface area (TPSA) is 425 Å². The molecule has 26 nitrogen and oxygen atoms in total. The molecule has 140 heavy (non-hydrogen) atoms. The van der Waals surface area contributed by atoms with Crippen molar-refractivity contribution in [1.82, 2.24) is 0 Å². The van der Waals surface area contributed by atoms with Gasteiger partial charge >= 0.3 is 23.9 Å². The van der Waals surface area contributed by atoms with Gasteiger partial charge in [0.25, 0.3) is 0 Å². The maximum atomic E-state index is 12.4. The van der Waals surface area contributed by atoms with Gasteiger partial charge < -0.3 is 101 Å². The normalized spacial score (nSPS) is 12.8. The van der Waals surface area contributed by atoms with Crippen molar-refractivity contribution in [3.63, 3.8) is 0 Å². The molecule has 0 spiro atoms. The molecule has 790 valence electrons. The first kappa shape index (κ1) is 132. The minimum Gasteiger partial charge on any atom is -0.507 e. The van der Waals surface area contributed by atoms with E-state index < -0.39 is 11.9 Å². The average Bonchev–Trinajstić information content (AvgIpc) is 0.780. The summed E-state index contributed by atoms with van der Waals surface area (Å²) in [5.41, 5.74) is 3.42. The number of phenolic OH excluding ortho intramolecular Hbond substituents is 6. The van der Waals surface area contributed by atoms with E-state index in [1.807, 2.05) is 24.3 Å². The number of Topliss-reactive ketones (excluding diaryl/α,β-unsaturated/α-hetero) is 2. The van der Waals surface area contributed by atoms with Gasteiger partial charge in [-0.3, -0.25) is 33.6 Å². The third kappa shape index (κ3) is 56.6. The minimum atomic E-state index is -0.787. The molecule has 9 N–H and O–H groups in total. The molecule has 0 aromatic heterocycles. The first-order valence-corrected chi connectivity index (χ1v) is 51.3. The Morgan fingerprint density at radius 3 is 0.993 bits per heavy atom. The number of carbonyl (C=O) groups excluding carboxylic acids is 9. The van der Waals surface area contributed by atoms with Gasteiger partial charge in [0.2, 0.25) is 0 Å². The smallest absolute Gasteiger partial charge is 0.306 e. The SMILES string of the molecule is CC(=O)CCCCCCC=O.CC(=O)CCCCCCCO.CCOC(=O)CCCCCCCc1c(O)c(Cl)c(C)c(C=O)c1O.Cc1c(Cl)c(O)c(CCCCCCCC(=O)O)c(O)c1C=O.Cc1c(Cl)c(O)c(CCCCCCCC(=O)OCc2c3ccccc3cc3ccccc23)c(O)c1C=O.O=C(O)CCCCCCCOC1CCCCO1.O=CCCCCCCCOC1CCCCO1.[CH3-].[Pd]. The predicted molar refractivity (Wildman–Crippen MR) is 549 cm³/mol. The zero-order chi connectivity index (χ0) is 102. The van der Waals surface area contributed by atoms with Crippen LogP contribution in [0.3, 0.4) is 0 Å². The molecular weight excluding hydrogens is 1950 g/mol. The number of rotatable bonds is 62. The van der Waals surface area contributed by atoms with E-state index in [1.54, 1.807) is 41.5 Å². The molecule has 0 saturated carbocycles. The average molecular weight is 2110 g/mol. The maximum Gasteiger partial charge on any atom is 0.306 e. The molecule has 6 aromatic carbocycles. The number of ether oxygens (including phenoxy) is 6. The van der Waals surface area contributed by atoms with E-state index in [-0.39, 0.29) is 143 Å². The van der Waals surface area contributed by atoms with E-state index >= 15 is 0 Å². The molecule has 2 heterocycles. The summed E-state index contributed by atoms with van der Waals surface area (Å²) in [5, 5.41) is 91.1. The Bertz CT molecular complexity index is 4470. The number of aldehydes is 5. The van der Waals surface area contributed by atoms with Crippen LogP contribution in [0.1, 0.15) is 399 Å². The molecule has 0 amide bonds. The Kier molecular flexibility index (Phi) is 77.9. The van der Waals surface area contributed by atoms with Crippen molar-refractivity contribution in [2.75, 3.05) is 39.6 Å². The van der Waals surface area contributed by atoms with Gasteiger partial charge in [-0.15, -0.1) is 0 Å². The van der Waals surface area contributed by atoms with Crippen molar-refractivity contribution in [2.45, 2.75) is 388 Å². The zero-order valence-corrected chi connectivity index (χ0v) is 88.0. The monoisotopic (exact) mass is 2110 g/mol. The summed E-state index contributed by atoms with van der Waals surface area (Å²) < 4.78 is 32.7. The summed E-state index contributed by atoms with van der Waals surface area (Å²) in [6.45, 7) is 14.0. The molecule has 0 radical (unpaired) electrons. The summed E-state index contributed by atoms with van der Waals surface area (Å²) in [6, 6.07) is 18.5. The molecule has 8 rings (SSSR count). The number of carboxylic acids is 2. The standard InChI is InChI=1S/C31H31ClO5.C18H25ClO5.C16H21ClO5.C13H24O4.C13H24O3.C9H18O2.C9H16O2.CH3.Pd/c1-20-26(18-33)30(35)25(31(36)29(20)32)15-5-3-2-4-6-16-28(34)37-19-27-23-13-9-7-11-21(23)17-22-12-8-10-14-24(22)27;1-3-24-15(21)10-8-6-4-5-7-9-13-17(22)14(11-20)12(2)16(19)18(13)23;1-10-12(9-18)15(21)11(16(22)14(10)17)7-5-3-2-4-6-8-13(19)20;14-12(15)8-4-2-1-3-6-10-16-13-9-5-7-11-17-13;14-10-6-3-1-2-4-7-11-15-13-9-5-8-12-16-13;2*1-9(11)7-5-3-2-4-6-8-10;;/h7-14,17-18,35-36H,2-6,15-16,19H2,1H3;11,22-23H,3-10H2,1-2H3;9,21-22H,2-8H2,1H3,(H,19,20);13H,1-11H2,(H,14,15);10,13H,1-9,11-12H2;10H,2-8H2,1H3;8H,2-7H2,1H3;1H3;/q;;;;;;;-1;. The molecule has 0 bridgehead atoms. The molecule has 0 aliphatic carbocycles. The number of benzene rings is 6. The fourth-order valence-corrected chi connectivity index (χ4v) is 16.3. The van der Waals surface area contributed by atoms with Crippen LogP contribution in [0.4, 0.5) is 0 Å². The molecule has 2 saturated heterocycles. The van der Waals surface area contributed by atoms with Gasteiger partial charge in [-0.25, -0.2) is 0 Å². The molecule has 2 unspecified atom stereocenters. The largest absolute Gasteiger partial charge is 0.507 e. The van der Waals surface area contributed by atoms with Gasteiger partial charge in [0.15, 0.2) is 31.4 Å². The van der Waals surface area contributed by atoms with Gasteiger partial charge in [0.1, 0.15) is 65.2 Å². The number of esters is 2. The van der Waals surface area contributed by atoms with Crippen LogP contribution in [0.15, 0.2) is 54.6 Å². The second-order valence-corrected chi connectivity index (χ2v) is 36.3. The van der Waals surface area contributed by atoms with Crippen molar-refractivity contribution in [3.05, 3.63) is 133 Å². The van der Waals surface area contributed by atoms with E-state index in [0.29, 0.717) is 136 Å². The Hall–Kier alpha value is -8.46. The van der Waals surface area contributed by atoms with Crippen LogP contribution in [0.2, 0.25) is 15.1 Å². The number of aliphatic hydroxyl groups excluding tert-OH is 1. The molecule has 2 aliphatic rings. The molecule has 30 heteroatoms. The number of aliphatic carboxylic acids is 2. The fourth-order valence-electron chi connectivity index (χ4n) is 15.7. The summed E-state index contributed by atoms with van der Waals surface area (Å²) in [4.78, 5) is 119. The number of hydrogen-bond acceptors (Lipinski definition) is 24. The third-order valence-electron chi connectivity index (χ3n) is 23.8. The van der Waals surface area contributed by atoms with Crippen molar-refractivity contribution < 1.29 is 148 Å². The second-order valence-electron chi connectivity index (χ2n) is 35.1. The van der Waals surface area contributed by atoms with E-state index in [1.165, 1.54) is 38.5 Å². The van der Waals surface area contributed by atoms with E-state index in [4.69, 9.17) is 78.5 Å². The van der Waals surface area contributed by atoms with Crippen LogP contribution in [0.5, 0.6) is 34.5 Å². The molecule has 2 aliphatic heterocycles. The first-order chi connectivity index (χ1) is 66.5. The zero-order valence-electron chi connectivity index (χ0n) is 84.2. The quantitative estimate of drug-likeness (QED) is 0.00427. The summed E-state index contributed by atoms with van der Waals surface area (Å²) in [6.07, 6.45) is 48.4. The van der Waals surface area contributed by atoms with Crippen molar-refractivity contribution in [3.8, 4) is 34.5 Å². The Morgan fingerprint density at radius 1 is 0.386 bits per heavy atom. The van der Waals surface area contributed by atoms with Crippen molar-refractivity contribution >= 4 is 123 Å². The van der Waals surface area contributed by atoms with E-state index in [0.717, 1.165) is 278 Å². The Balaban J connectivity index is 0.00000167. The second kappa shape index (κ2) is 82.9. The van der Waals surface area contributed by atoms with Crippen LogP contribution in [0.25, 0.3) is 21.5 Å². The van der Waals surface area contributed by atoms with Gasteiger partial charge in [-0.1, -0.05) is 212 Å². The number of aliphatic hydroxyl groups is 1. The van der Waals surface area contributed by atoms with Crippen LogP contribution in [-0.2, 0) is 113 Å². The van der Waals surface area contributed by atoms with Gasteiger partial charge in [0, 0.05) is 127 Å². The Morgan fingerprint density at radius 2 is 0.686 bits per heavy atom. The van der Waals surface area contributed by atoms with Crippen LogP contribution in [-0.4, -0.2) is 165 Å². The maximum absolute atomic E-state index is 12.4. The summed E-state index contributed by atoms with van der Waals surface area (Å²) in [7, 11) is 0. The summed E-state index contributed by atoms with van der Waals surface area (Å²) >= 11 is 18.1. The Labute approximate surface area is 860 Å². The number of fused-ring (bicyclic) bond motifs is 2. The number of unbranched alkanes of at least 4 members (excludes halogenated alkanes) is 29. The number of carboxylic acid groups (broad SMARTS) is 2. The number of ketones is 2. The van der Waals surface area contributed by atoms with Crippen molar-refractivity contribution in [1.29, 1.82) is 0 Å². The van der Waals surface area contributed by atoms with E-state index in [2.05, 4.69) is 30.3 Å². The fraction of sp³-hybridized carbons (Fsp3) is 0.600. The van der Waals surface area contributed by atoms with Crippen molar-refractivity contribution in [2.24, 2.45) is 0 Å². The van der Waals surface area contributed by atoms with Crippen LogP contribution < -0.4 is 0 Å². The van der Waals surface area contributed by atoms with Crippen LogP contribution in [0, 0.1) is 28.2 Å². The van der Waals surface area contributed by atoms with Gasteiger partial charge in [-0.05, 0) is 234 Å². The number of hydrogen-bond donors (Lipinski definition) is 9.